The summed E-state index contributed by atoms with van der Waals surface area (Å²) in [6, 6.07) is 8.72. The predicted octanol–water partition coefficient (Wildman–Crippen LogP) is 2.99. The Bertz CT molecular complexity index is 1300. The zero-order valence-electron chi connectivity index (χ0n) is 17.6. The van der Waals surface area contributed by atoms with E-state index < -0.39 is 34.1 Å². The number of hydrogen-bond acceptors (Lipinski definition) is 6. The molecular weight excluding hydrogens is 448 g/mol. The molecule has 4 atom stereocenters. The number of carbonyl (C=O) groups is 3. The maximum absolute atomic E-state index is 13.9. The molecule has 0 bridgehead atoms. The first-order valence-electron chi connectivity index (χ1n) is 10.8. The van der Waals surface area contributed by atoms with E-state index in [1.54, 1.807) is 12.1 Å². The first-order valence-corrected chi connectivity index (χ1v) is 11.2. The van der Waals surface area contributed by atoms with E-state index in [0.29, 0.717) is 34.8 Å². The number of nitrogens with zero attached hydrogens (tertiary/aromatic N) is 3. The second kappa shape index (κ2) is 6.61. The molecular formula is C23H19ClN4O5. The van der Waals surface area contributed by atoms with Crippen molar-refractivity contribution >= 4 is 46.4 Å². The quantitative estimate of drug-likeness (QED) is 0.413. The highest BCUT2D eigenvalue weighted by atomic mass is 35.5. The largest absolute Gasteiger partial charge is 0.324 e. The third-order valence-electron chi connectivity index (χ3n) is 7.66. The molecule has 1 spiro atoms. The number of nitrogens with one attached hydrogen (secondary N) is 1. The van der Waals surface area contributed by atoms with Crippen LogP contribution in [0.15, 0.2) is 36.4 Å². The summed E-state index contributed by atoms with van der Waals surface area (Å²) in [6.07, 6.45) is 1.50. The van der Waals surface area contributed by atoms with Crippen LogP contribution in [0.3, 0.4) is 0 Å². The minimum atomic E-state index is -1.31. The lowest BCUT2D eigenvalue weighted by molar-refractivity contribution is -0.384. The Morgan fingerprint density at radius 1 is 1.18 bits per heavy atom. The molecule has 3 amide bonds. The average molecular weight is 467 g/mol. The molecule has 4 aliphatic rings. The zero-order valence-corrected chi connectivity index (χ0v) is 18.3. The molecule has 168 valence electrons. The molecule has 3 fully saturated rings. The summed E-state index contributed by atoms with van der Waals surface area (Å²) in [4.78, 5) is 55.0. The SMILES string of the molecule is Cc1c(Cl)ccc2c1NC(=O)[C@@]21[C@@H]2C(=O)N(c3cccc([N+](=O)[O-])c3)C(=O)[C@@H]2[C@@H]2CCCN21. The van der Waals surface area contributed by atoms with Gasteiger partial charge < -0.3 is 5.32 Å². The van der Waals surface area contributed by atoms with E-state index in [4.69, 9.17) is 11.6 Å². The van der Waals surface area contributed by atoms with Gasteiger partial charge >= 0.3 is 0 Å². The number of non-ortho nitro benzene ring substituents is 1. The van der Waals surface area contributed by atoms with Gasteiger partial charge in [0, 0.05) is 28.8 Å². The number of benzene rings is 2. The molecule has 0 aliphatic carbocycles. The lowest BCUT2D eigenvalue weighted by Gasteiger charge is -2.36. The Labute approximate surface area is 193 Å². The van der Waals surface area contributed by atoms with Gasteiger partial charge in [0.25, 0.3) is 5.69 Å². The van der Waals surface area contributed by atoms with Crippen LogP contribution in [-0.4, -0.2) is 40.1 Å². The number of fused-ring (bicyclic) bond motifs is 7. The highest BCUT2D eigenvalue weighted by Crippen LogP contribution is 2.61. The minimum Gasteiger partial charge on any atom is -0.324 e. The number of amides is 3. The van der Waals surface area contributed by atoms with Crippen LogP contribution in [0, 0.1) is 28.9 Å². The van der Waals surface area contributed by atoms with E-state index in [1.807, 2.05) is 11.8 Å². The van der Waals surface area contributed by atoms with Crippen molar-refractivity contribution in [2.45, 2.75) is 31.3 Å². The van der Waals surface area contributed by atoms with Gasteiger partial charge in [-0.3, -0.25) is 29.4 Å². The maximum Gasteiger partial charge on any atom is 0.271 e. The van der Waals surface area contributed by atoms with Gasteiger partial charge in [-0.1, -0.05) is 23.7 Å². The second-order valence-corrected chi connectivity index (χ2v) is 9.42. The van der Waals surface area contributed by atoms with E-state index >= 15 is 0 Å². The number of halogens is 1. The van der Waals surface area contributed by atoms with Crippen molar-refractivity contribution in [3.8, 4) is 0 Å². The average Bonchev–Trinajstić information content (AvgIpc) is 3.49. The van der Waals surface area contributed by atoms with Crippen LogP contribution >= 0.6 is 11.6 Å². The fraction of sp³-hybridized carbons (Fsp3) is 0.348. The van der Waals surface area contributed by atoms with Gasteiger partial charge in [-0.15, -0.1) is 0 Å². The van der Waals surface area contributed by atoms with Crippen molar-refractivity contribution in [2.75, 3.05) is 16.8 Å². The summed E-state index contributed by atoms with van der Waals surface area (Å²) in [7, 11) is 0. The molecule has 33 heavy (non-hydrogen) atoms. The van der Waals surface area contributed by atoms with E-state index in [9.17, 15) is 24.5 Å². The van der Waals surface area contributed by atoms with Crippen molar-refractivity contribution in [1.29, 1.82) is 0 Å². The van der Waals surface area contributed by atoms with Gasteiger partial charge in [0.1, 0.15) is 5.54 Å². The number of nitro benzene ring substituents is 1. The number of nitro groups is 1. The Kier molecular flexibility index (Phi) is 4.07. The van der Waals surface area contributed by atoms with Crippen LogP contribution < -0.4 is 10.2 Å². The maximum atomic E-state index is 13.9. The molecule has 3 saturated heterocycles. The van der Waals surface area contributed by atoms with Crippen LogP contribution in [0.4, 0.5) is 17.1 Å². The molecule has 6 rings (SSSR count). The van der Waals surface area contributed by atoms with Crippen LogP contribution in [-0.2, 0) is 19.9 Å². The summed E-state index contributed by atoms with van der Waals surface area (Å²) in [5, 5.41) is 14.7. The molecule has 0 aromatic heterocycles. The number of imide groups is 1. The molecule has 2 aromatic rings. The third kappa shape index (κ3) is 2.33. The van der Waals surface area contributed by atoms with E-state index in [0.717, 1.165) is 11.3 Å². The fourth-order valence-corrected chi connectivity index (χ4v) is 6.55. The van der Waals surface area contributed by atoms with E-state index in [1.165, 1.54) is 24.3 Å². The minimum absolute atomic E-state index is 0.152. The van der Waals surface area contributed by atoms with Gasteiger partial charge in [0.2, 0.25) is 17.7 Å². The van der Waals surface area contributed by atoms with Crippen LogP contribution in [0.5, 0.6) is 0 Å². The highest BCUT2D eigenvalue weighted by molar-refractivity contribution is 6.32. The Morgan fingerprint density at radius 3 is 2.73 bits per heavy atom. The number of anilines is 2. The zero-order chi connectivity index (χ0) is 23.2. The molecule has 0 saturated carbocycles. The number of hydrogen-bond donors (Lipinski definition) is 1. The summed E-state index contributed by atoms with van der Waals surface area (Å²) in [6.45, 7) is 2.41. The van der Waals surface area contributed by atoms with E-state index in [2.05, 4.69) is 5.32 Å². The Morgan fingerprint density at radius 2 is 1.97 bits per heavy atom. The lowest BCUT2D eigenvalue weighted by Crippen LogP contribution is -2.54. The smallest absolute Gasteiger partial charge is 0.271 e. The summed E-state index contributed by atoms with van der Waals surface area (Å²) < 4.78 is 0. The molecule has 0 radical (unpaired) electrons. The van der Waals surface area contributed by atoms with Crippen molar-refractivity contribution in [3.63, 3.8) is 0 Å². The standard InChI is InChI=1S/C23H19ClN4O5/c1-11-15(24)8-7-14-19(11)25-22(31)23(14)18-17(16-6-3-9-26(16)23)20(29)27(21(18)30)12-4-2-5-13(10-12)28(32)33/h2,4-5,7-8,10,16-18H,3,6,9H2,1H3,(H,25,31)/t16-,17+,18-,23-/m0/s1. The highest BCUT2D eigenvalue weighted by Gasteiger charge is 2.74. The van der Waals surface area contributed by atoms with Crippen LogP contribution in [0.1, 0.15) is 24.0 Å². The topological polar surface area (TPSA) is 113 Å². The van der Waals surface area contributed by atoms with Crippen molar-refractivity contribution in [2.24, 2.45) is 11.8 Å². The van der Waals surface area contributed by atoms with Crippen molar-refractivity contribution < 1.29 is 19.3 Å². The molecule has 0 unspecified atom stereocenters. The molecule has 4 heterocycles. The van der Waals surface area contributed by atoms with Gasteiger partial charge in [-0.25, -0.2) is 4.90 Å². The first kappa shape index (κ1) is 20.3. The molecule has 2 aromatic carbocycles. The first-order chi connectivity index (χ1) is 15.8. The normalized spacial score (nSPS) is 30.1. The fourth-order valence-electron chi connectivity index (χ4n) is 6.39. The third-order valence-corrected chi connectivity index (χ3v) is 8.07. The molecule has 4 aliphatic heterocycles. The lowest BCUT2D eigenvalue weighted by atomic mass is 9.75. The van der Waals surface area contributed by atoms with Crippen LogP contribution in [0.2, 0.25) is 5.02 Å². The van der Waals surface area contributed by atoms with Gasteiger partial charge in [-0.05, 0) is 44.0 Å². The van der Waals surface area contributed by atoms with Gasteiger partial charge in [0.05, 0.1) is 28.1 Å². The molecule has 10 heteroatoms. The van der Waals surface area contributed by atoms with E-state index in [-0.39, 0.29) is 23.3 Å². The monoisotopic (exact) mass is 466 g/mol. The van der Waals surface area contributed by atoms with Gasteiger partial charge in [0.15, 0.2) is 0 Å². The Balaban J connectivity index is 1.55. The Hall–Kier alpha value is -3.30. The van der Waals surface area contributed by atoms with Crippen molar-refractivity contribution in [1.82, 2.24) is 4.90 Å². The molecule has 1 N–H and O–H groups in total. The summed E-state index contributed by atoms with van der Waals surface area (Å²) in [5.74, 6) is -2.87. The second-order valence-electron chi connectivity index (χ2n) is 9.01. The van der Waals surface area contributed by atoms with Crippen molar-refractivity contribution in [3.05, 3.63) is 62.7 Å². The predicted molar refractivity (Wildman–Crippen MR) is 119 cm³/mol. The van der Waals surface area contributed by atoms with Gasteiger partial charge in [-0.2, -0.15) is 0 Å². The number of rotatable bonds is 2. The summed E-state index contributed by atoms with van der Waals surface area (Å²) >= 11 is 6.30. The summed E-state index contributed by atoms with van der Waals surface area (Å²) in [5.41, 5.74) is 0.601. The molecule has 9 nitrogen and oxygen atoms in total. The number of carbonyl (C=O) groups excluding carboxylic acids is 3. The van der Waals surface area contributed by atoms with Crippen LogP contribution in [0.25, 0.3) is 0 Å².